The van der Waals surface area contributed by atoms with Crippen LogP contribution >= 0.6 is 0 Å². The Kier molecular flexibility index (Phi) is 5.52. The van der Waals surface area contributed by atoms with E-state index in [9.17, 15) is 21.6 Å². The number of hydrogen-bond donors (Lipinski definition) is 2. The van der Waals surface area contributed by atoms with Gasteiger partial charge in [-0.2, -0.15) is 0 Å². The highest BCUT2D eigenvalue weighted by molar-refractivity contribution is 7.89. The molecule has 2 aromatic carbocycles. The highest BCUT2D eigenvalue weighted by Gasteiger charge is 2.18. The van der Waals surface area contributed by atoms with Gasteiger partial charge in [0.2, 0.25) is 20.0 Å². The number of sulfonamides is 2. The van der Waals surface area contributed by atoms with Crippen LogP contribution in [0.1, 0.15) is 15.9 Å². The third-order valence-corrected chi connectivity index (χ3v) is 6.42. The smallest absolute Gasteiger partial charge is 0.255 e. The van der Waals surface area contributed by atoms with Crippen LogP contribution < -0.4 is 10.5 Å². The van der Waals surface area contributed by atoms with Gasteiger partial charge >= 0.3 is 0 Å². The van der Waals surface area contributed by atoms with Crippen molar-refractivity contribution in [3.05, 3.63) is 53.6 Å². The third-order valence-electron chi connectivity index (χ3n) is 3.68. The number of aryl methyl sites for hydroxylation is 1. The maximum Gasteiger partial charge on any atom is 0.255 e. The SMILES string of the molecule is Cc1ccc(S(N)(=O)=O)cc1NC(=O)c1ccc(S(=O)(=O)N(C)C)cc1. The van der Waals surface area contributed by atoms with Gasteiger partial charge in [0.1, 0.15) is 0 Å². The van der Waals surface area contributed by atoms with Gasteiger partial charge in [-0.15, -0.1) is 0 Å². The van der Waals surface area contributed by atoms with Crippen molar-refractivity contribution in [1.29, 1.82) is 0 Å². The highest BCUT2D eigenvalue weighted by atomic mass is 32.2. The summed E-state index contributed by atoms with van der Waals surface area (Å²) in [5, 5.41) is 7.70. The number of anilines is 1. The Morgan fingerprint density at radius 2 is 1.50 bits per heavy atom. The van der Waals surface area contributed by atoms with Crippen molar-refractivity contribution in [3.8, 4) is 0 Å². The molecule has 0 saturated heterocycles. The van der Waals surface area contributed by atoms with Crippen LogP contribution in [0.4, 0.5) is 5.69 Å². The molecule has 0 fully saturated rings. The first-order chi connectivity index (χ1) is 11.9. The van der Waals surface area contributed by atoms with Crippen molar-refractivity contribution in [2.75, 3.05) is 19.4 Å². The average molecular weight is 397 g/mol. The molecule has 0 saturated carbocycles. The molecule has 140 valence electrons. The molecule has 8 nitrogen and oxygen atoms in total. The molecule has 0 atom stereocenters. The van der Waals surface area contributed by atoms with Crippen LogP contribution in [-0.4, -0.2) is 41.1 Å². The minimum atomic E-state index is -3.90. The second-order valence-electron chi connectivity index (χ2n) is 5.79. The van der Waals surface area contributed by atoms with Crippen molar-refractivity contribution in [1.82, 2.24) is 4.31 Å². The van der Waals surface area contributed by atoms with Crippen molar-refractivity contribution >= 4 is 31.6 Å². The lowest BCUT2D eigenvalue weighted by Gasteiger charge is -2.12. The Bertz CT molecular complexity index is 1040. The number of primary sulfonamides is 1. The second-order valence-corrected chi connectivity index (χ2v) is 9.50. The predicted molar refractivity (Wildman–Crippen MR) is 97.8 cm³/mol. The van der Waals surface area contributed by atoms with Crippen molar-refractivity contribution in [3.63, 3.8) is 0 Å². The summed E-state index contributed by atoms with van der Waals surface area (Å²) in [6, 6.07) is 9.57. The Morgan fingerprint density at radius 1 is 0.962 bits per heavy atom. The summed E-state index contributed by atoms with van der Waals surface area (Å²) in [5.41, 5.74) is 1.17. The Labute approximate surface area is 152 Å². The van der Waals surface area contributed by atoms with Crippen molar-refractivity contribution < 1.29 is 21.6 Å². The Morgan fingerprint density at radius 3 is 2.00 bits per heavy atom. The fraction of sp³-hybridized carbons (Fsp3) is 0.188. The van der Waals surface area contributed by atoms with Crippen LogP contribution in [0.15, 0.2) is 52.3 Å². The van der Waals surface area contributed by atoms with Crippen LogP contribution in [0, 0.1) is 6.92 Å². The topological polar surface area (TPSA) is 127 Å². The van der Waals surface area contributed by atoms with Gasteiger partial charge in [0.25, 0.3) is 5.91 Å². The highest BCUT2D eigenvalue weighted by Crippen LogP contribution is 2.21. The zero-order valence-electron chi connectivity index (χ0n) is 14.4. The number of nitrogens with zero attached hydrogens (tertiary/aromatic N) is 1. The van der Waals surface area contributed by atoms with E-state index in [0.717, 1.165) is 4.31 Å². The molecular weight excluding hydrogens is 378 g/mol. The van der Waals surface area contributed by atoms with E-state index in [0.29, 0.717) is 11.3 Å². The largest absolute Gasteiger partial charge is 0.322 e. The standard InChI is InChI=1S/C16H19N3O5S2/c1-11-4-7-14(25(17,21)22)10-15(11)18-16(20)12-5-8-13(9-6-12)26(23,24)19(2)3/h4-10H,1-3H3,(H,18,20)(H2,17,21,22). The molecule has 0 aliphatic heterocycles. The molecule has 0 unspecified atom stereocenters. The van der Waals surface area contributed by atoms with E-state index in [4.69, 9.17) is 5.14 Å². The molecule has 2 aromatic rings. The summed E-state index contributed by atoms with van der Waals surface area (Å²) in [5.74, 6) is -0.506. The van der Waals surface area contributed by atoms with Gasteiger partial charge in [-0.1, -0.05) is 6.07 Å². The molecule has 0 aromatic heterocycles. The van der Waals surface area contributed by atoms with E-state index >= 15 is 0 Å². The molecular formula is C16H19N3O5S2. The Balaban J connectivity index is 2.29. The zero-order valence-corrected chi connectivity index (χ0v) is 16.1. The normalized spacial score (nSPS) is 12.2. The number of amides is 1. The first-order valence-corrected chi connectivity index (χ1v) is 10.4. The predicted octanol–water partition coefficient (Wildman–Crippen LogP) is 1.15. The molecule has 26 heavy (non-hydrogen) atoms. The number of carbonyl (C=O) groups is 1. The average Bonchev–Trinajstić information content (AvgIpc) is 2.55. The summed E-state index contributed by atoms with van der Waals surface area (Å²) in [4.78, 5) is 12.3. The van der Waals surface area contributed by atoms with E-state index in [1.165, 1.54) is 56.6 Å². The van der Waals surface area contributed by atoms with E-state index in [-0.39, 0.29) is 15.4 Å². The summed E-state index contributed by atoms with van der Waals surface area (Å²) in [6.45, 7) is 1.70. The Hall–Kier alpha value is -2.27. The quantitative estimate of drug-likeness (QED) is 0.782. The molecule has 10 heteroatoms. The minimum Gasteiger partial charge on any atom is -0.322 e. The van der Waals surface area contributed by atoms with Gasteiger partial charge in [0, 0.05) is 25.3 Å². The summed E-state index contributed by atoms with van der Waals surface area (Å²) < 4.78 is 48.0. The molecule has 0 heterocycles. The maximum absolute atomic E-state index is 12.4. The number of nitrogens with one attached hydrogen (secondary N) is 1. The maximum atomic E-state index is 12.4. The van der Waals surface area contributed by atoms with Crippen LogP contribution in [0.5, 0.6) is 0 Å². The lowest BCUT2D eigenvalue weighted by atomic mass is 10.1. The van der Waals surface area contributed by atoms with Gasteiger partial charge in [-0.3, -0.25) is 4.79 Å². The van der Waals surface area contributed by atoms with Gasteiger partial charge in [-0.25, -0.2) is 26.3 Å². The van der Waals surface area contributed by atoms with E-state index < -0.39 is 26.0 Å². The second kappa shape index (κ2) is 7.16. The third kappa shape index (κ3) is 4.28. The molecule has 3 N–H and O–H groups in total. The summed E-state index contributed by atoms with van der Waals surface area (Å²) in [7, 11) is -4.65. The zero-order chi connectivity index (χ0) is 19.7. The van der Waals surface area contributed by atoms with Gasteiger partial charge in [0.05, 0.1) is 9.79 Å². The number of benzene rings is 2. The van der Waals surface area contributed by atoms with E-state index in [1.807, 2.05) is 0 Å². The lowest BCUT2D eigenvalue weighted by molar-refractivity contribution is 0.102. The molecule has 0 spiro atoms. The molecule has 2 rings (SSSR count). The van der Waals surface area contributed by atoms with Crippen LogP contribution in [0.2, 0.25) is 0 Å². The summed E-state index contributed by atoms with van der Waals surface area (Å²) >= 11 is 0. The van der Waals surface area contributed by atoms with Gasteiger partial charge in [0.15, 0.2) is 0 Å². The monoisotopic (exact) mass is 397 g/mol. The molecule has 0 radical (unpaired) electrons. The number of carbonyl (C=O) groups excluding carboxylic acids is 1. The number of nitrogens with two attached hydrogens (primary N) is 1. The molecule has 1 amide bonds. The summed E-state index contributed by atoms with van der Waals surface area (Å²) in [6.07, 6.45) is 0. The fourth-order valence-corrected chi connectivity index (χ4v) is 3.54. The van der Waals surface area contributed by atoms with Crippen LogP contribution in [0.25, 0.3) is 0 Å². The minimum absolute atomic E-state index is 0.0615. The van der Waals surface area contributed by atoms with Crippen molar-refractivity contribution in [2.45, 2.75) is 16.7 Å². The van der Waals surface area contributed by atoms with Crippen LogP contribution in [0.3, 0.4) is 0 Å². The first kappa shape index (κ1) is 20.0. The molecule has 0 bridgehead atoms. The number of hydrogen-bond acceptors (Lipinski definition) is 5. The van der Waals surface area contributed by atoms with E-state index in [1.54, 1.807) is 6.92 Å². The molecule has 0 aliphatic rings. The van der Waals surface area contributed by atoms with Gasteiger partial charge < -0.3 is 5.32 Å². The van der Waals surface area contributed by atoms with Gasteiger partial charge in [-0.05, 0) is 48.9 Å². The van der Waals surface area contributed by atoms with Crippen LogP contribution in [-0.2, 0) is 20.0 Å². The van der Waals surface area contributed by atoms with E-state index in [2.05, 4.69) is 5.32 Å². The fourth-order valence-electron chi connectivity index (χ4n) is 2.10. The molecule has 0 aliphatic carbocycles. The lowest BCUT2D eigenvalue weighted by Crippen LogP contribution is -2.22. The van der Waals surface area contributed by atoms with Crippen molar-refractivity contribution in [2.24, 2.45) is 5.14 Å². The first-order valence-electron chi connectivity index (χ1n) is 7.40. The number of rotatable bonds is 5.